The van der Waals surface area contributed by atoms with Crippen LogP contribution in [0, 0.1) is 10.1 Å². The molecule has 2 N–H and O–H groups in total. The van der Waals surface area contributed by atoms with Crippen molar-refractivity contribution in [3.05, 3.63) is 39.4 Å². The van der Waals surface area contributed by atoms with Crippen LogP contribution in [0.25, 0.3) is 0 Å². The molecule has 0 saturated heterocycles. The molecule has 5 nitrogen and oxygen atoms in total. The topological polar surface area (TPSA) is 86.2 Å². The number of primary amides is 1. The lowest BCUT2D eigenvalue weighted by atomic mass is 10.0. The van der Waals surface area contributed by atoms with Gasteiger partial charge in [-0.1, -0.05) is 6.92 Å². The van der Waals surface area contributed by atoms with E-state index in [1.54, 1.807) is 0 Å². The first-order valence-electron chi connectivity index (χ1n) is 4.13. The number of hydrogen-bond acceptors (Lipinski definition) is 3. The summed E-state index contributed by atoms with van der Waals surface area (Å²) in [5, 5.41) is 10.4. The van der Waals surface area contributed by atoms with Crippen LogP contribution in [0.5, 0.6) is 0 Å². The van der Waals surface area contributed by atoms with Crippen molar-refractivity contribution in [2.24, 2.45) is 5.73 Å². The summed E-state index contributed by atoms with van der Waals surface area (Å²) < 4.78 is 0. The van der Waals surface area contributed by atoms with Crippen molar-refractivity contribution in [2.75, 3.05) is 0 Å². The molecule has 0 spiro atoms. The van der Waals surface area contributed by atoms with Gasteiger partial charge in [0.2, 0.25) is 5.91 Å². The maximum Gasteiger partial charge on any atom is 0.269 e. The van der Waals surface area contributed by atoms with Crippen LogP contribution in [0.4, 0.5) is 5.69 Å². The molecule has 0 unspecified atom stereocenters. The molecule has 14 heavy (non-hydrogen) atoms. The van der Waals surface area contributed by atoms with Crippen LogP contribution in [0.1, 0.15) is 22.8 Å². The minimum Gasteiger partial charge on any atom is -0.366 e. The van der Waals surface area contributed by atoms with Gasteiger partial charge in [0.05, 0.1) is 4.92 Å². The third-order valence-corrected chi connectivity index (χ3v) is 1.95. The number of rotatable bonds is 3. The Morgan fingerprint density at radius 1 is 1.57 bits per heavy atom. The first kappa shape index (κ1) is 10.2. The van der Waals surface area contributed by atoms with Gasteiger partial charge in [-0.15, -0.1) is 0 Å². The standard InChI is InChI=1S/C9H10N2O3/c1-2-6-5-7(11(13)14)3-4-8(6)9(10)12/h3-5H,2H2,1H3,(H2,10,12). The van der Waals surface area contributed by atoms with E-state index in [1.165, 1.54) is 18.2 Å². The Morgan fingerprint density at radius 3 is 2.64 bits per heavy atom. The summed E-state index contributed by atoms with van der Waals surface area (Å²) >= 11 is 0. The largest absolute Gasteiger partial charge is 0.366 e. The molecule has 1 amide bonds. The quantitative estimate of drug-likeness (QED) is 0.580. The summed E-state index contributed by atoms with van der Waals surface area (Å²) in [6.07, 6.45) is 0.542. The molecule has 0 fully saturated rings. The lowest BCUT2D eigenvalue weighted by Crippen LogP contribution is -2.13. The number of benzene rings is 1. The zero-order valence-electron chi connectivity index (χ0n) is 7.69. The minimum absolute atomic E-state index is 0.0214. The third kappa shape index (κ3) is 1.87. The molecule has 0 heterocycles. The Bertz CT molecular complexity index is 388. The van der Waals surface area contributed by atoms with E-state index >= 15 is 0 Å². The number of nitro benzene ring substituents is 1. The Kier molecular flexibility index (Phi) is 2.81. The van der Waals surface area contributed by atoms with E-state index < -0.39 is 10.8 Å². The lowest BCUT2D eigenvalue weighted by Gasteiger charge is -2.02. The van der Waals surface area contributed by atoms with Crippen molar-refractivity contribution >= 4 is 11.6 Å². The van der Waals surface area contributed by atoms with Gasteiger partial charge < -0.3 is 5.73 Å². The van der Waals surface area contributed by atoms with E-state index in [0.29, 0.717) is 17.5 Å². The highest BCUT2D eigenvalue weighted by Gasteiger charge is 2.12. The second kappa shape index (κ2) is 3.87. The van der Waals surface area contributed by atoms with Gasteiger partial charge in [0.15, 0.2) is 0 Å². The number of aryl methyl sites for hydroxylation is 1. The van der Waals surface area contributed by atoms with Crippen molar-refractivity contribution < 1.29 is 9.72 Å². The molecule has 0 bridgehead atoms. The van der Waals surface area contributed by atoms with Gasteiger partial charge in [-0.3, -0.25) is 14.9 Å². The highest BCUT2D eigenvalue weighted by molar-refractivity contribution is 5.94. The predicted octanol–water partition coefficient (Wildman–Crippen LogP) is 1.26. The van der Waals surface area contributed by atoms with Crippen LogP contribution in [0.15, 0.2) is 18.2 Å². The summed E-state index contributed by atoms with van der Waals surface area (Å²) in [4.78, 5) is 20.9. The molecule has 0 radical (unpaired) electrons. The Morgan fingerprint density at radius 2 is 2.21 bits per heavy atom. The SMILES string of the molecule is CCc1cc([N+](=O)[O-])ccc1C(N)=O. The van der Waals surface area contributed by atoms with Gasteiger partial charge in [0.25, 0.3) is 5.69 Å². The van der Waals surface area contributed by atoms with E-state index in [2.05, 4.69) is 0 Å². The molecule has 5 heteroatoms. The third-order valence-electron chi connectivity index (χ3n) is 1.95. The van der Waals surface area contributed by atoms with Crippen LogP contribution in [-0.2, 0) is 6.42 Å². The number of carbonyl (C=O) groups excluding carboxylic acids is 1. The van der Waals surface area contributed by atoms with Gasteiger partial charge in [-0.2, -0.15) is 0 Å². The molecule has 0 saturated carbocycles. The number of nitrogens with zero attached hydrogens (tertiary/aromatic N) is 1. The van der Waals surface area contributed by atoms with Crippen molar-refractivity contribution in [3.8, 4) is 0 Å². The van der Waals surface area contributed by atoms with Crippen LogP contribution in [0.2, 0.25) is 0 Å². The average Bonchev–Trinajstić information content (AvgIpc) is 2.16. The predicted molar refractivity (Wildman–Crippen MR) is 51.0 cm³/mol. The molecule has 0 aliphatic rings. The van der Waals surface area contributed by atoms with E-state index in [1.807, 2.05) is 6.92 Å². The van der Waals surface area contributed by atoms with Gasteiger partial charge >= 0.3 is 0 Å². The monoisotopic (exact) mass is 194 g/mol. The molecule has 1 rings (SSSR count). The van der Waals surface area contributed by atoms with Crippen molar-refractivity contribution in [1.82, 2.24) is 0 Å². The molecular weight excluding hydrogens is 184 g/mol. The van der Waals surface area contributed by atoms with E-state index in [0.717, 1.165) is 0 Å². The number of amides is 1. The zero-order chi connectivity index (χ0) is 10.7. The van der Waals surface area contributed by atoms with Crippen molar-refractivity contribution in [3.63, 3.8) is 0 Å². The summed E-state index contributed by atoms with van der Waals surface area (Å²) in [6.45, 7) is 1.81. The Labute approximate surface area is 80.7 Å². The fourth-order valence-corrected chi connectivity index (χ4v) is 1.23. The maximum absolute atomic E-state index is 10.9. The normalized spacial score (nSPS) is 9.79. The van der Waals surface area contributed by atoms with Gasteiger partial charge in [0.1, 0.15) is 0 Å². The Hall–Kier alpha value is -1.91. The number of carbonyl (C=O) groups is 1. The fraction of sp³-hybridized carbons (Fsp3) is 0.222. The summed E-state index contributed by atoms with van der Waals surface area (Å²) in [5.74, 6) is -0.559. The number of nitrogens with two attached hydrogens (primary N) is 1. The highest BCUT2D eigenvalue weighted by Crippen LogP contribution is 2.17. The number of hydrogen-bond donors (Lipinski definition) is 1. The second-order valence-electron chi connectivity index (χ2n) is 2.82. The summed E-state index contributed by atoms with van der Waals surface area (Å²) in [6, 6.07) is 4.04. The molecule has 74 valence electrons. The zero-order valence-corrected chi connectivity index (χ0v) is 7.69. The van der Waals surface area contributed by atoms with Crippen LogP contribution in [-0.4, -0.2) is 10.8 Å². The molecule has 0 atom stereocenters. The molecule has 0 aromatic heterocycles. The smallest absolute Gasteiger partial charge is 0.269 e. The summed E-state index contributed by atoms with van der Waals surface area (Å²) in [7, 11) is 0. The van der Waals surface area contributed by atoms with Gasteiger partial charge in [-0.25, -0.2) is 0 Å². The first-order valence-corrected chi connectivity index (χ1v) is 4.13. The minimum atomic E-state index is -0.559. The number of nitro groups is 1. The van der Waals surface area contributed by atoms with Crippen LogP contribution >= 0.6 is 0 Å². The fourth-order valence-electron chi connectivity index (χ4n) is 1.23. The molecule has 1 aromatic carbocycles. The van der Waals surface area contributed by atoms with E-state index in [9.17, 15) is 14.9 Å². The van der Waals surface area contributed by atoms with Gasteiger partial charge in [-0.05, 0) is 18.1 Å². The molecule has 0 aliphatic heterocycles. The van der Waals surface area contributed by atoms with Crippen LogP contribution < -0.4 is 5.73 Å². The molecular formula is C9H10N2O3. The lowest BCUT2D eigenvalue weighted by molar-refractivity contribution is -0.384. The second-order valence-corrected chi connectivity index (χ2v) is 2.82. The van der Waals surface area contributed by atoms with Crippen LogP contribution in [0.3, 0.4) is 0 Å². The maximum atomic E-state index is 10.9. The number of non-ortho nitro benzene ring substituents is 1. The molecule has 1 aromatic rings. The van der Waals surface area contributed by atoms with Gasteiger partial charge in [0, 0.05) is 17.7 Å². The van der Waals surface area contributed by atoms with E-state index in [4.69, 9.17) is 5.73 Å². The summed E-state index contributed by atoms with van der Waals surface area (Å²) in [5.41, 5.74) is 6.03. The average molecular weight is 194 g/mol. The van der Waals surface area contributed by atoms with E-state index in [-0.39, 0.29) is 5.69 Å². The first-order chi connectivity index (χ1) is 6.56. The Balaban J connectivity index is 3.25. The van der Waals surface area contributed by atoms with Crippen molar-refractivity contribution in [2.45, 2.75) is 13.3 Å². The highest BCUT2D eigenvalue weighted by atomic mass is 16.6. The molecule has 0 aliphatic carbocycles. The van der Waals surface area contributed by atoms with Crippen molar-refractivity contribution in [1.29, 1.82) is 0 Å².